The average molecular weight is 257 g/mol. The van der Waals surface area contributed by atoms with E-state index in [-0.39, 0.29) is 0 Å². The van der Waals surface area contributed by atoms with Crippen LogP contribution in [0.2, 0.25) is 0 Å². The van der Waals surface area contributed by atoms with Crippen LogP contribution in [-0.4, -0.2) is 40.4 Å². The molecule has 2 aromatic rings. The van der Waals surface area contributed by atoms with Crippen molar-refractivity contribution < 1.29 is 0 Å². The van der Waals surface area contributed by atoms with Crippen LogP contribution in [0.1, 0.15) is 25.5 Å². The zero-order valence-corrected chi connectivity index (χ0v) is 11.9. The van der Waals surface area contributed by atoms with E-state index < -0.39 is 0 Å². The predicted molar refractivity (Wildman–Crippen MR) is 78.4 cm³/mol. The molecule has 0 bridgehead atoms. The number of fused-ring (bicyclic) bond motifs is 1. The first-order valence-electron chi connectivity index (χ1n) is 6.97. The van der Waals surface area contributed by atoms with Crippen molar-refractivity contribution >= 4 is 10.9 Å². The maximum atomic E-state index is 4.59. The lowest BCUT2D eigenvalue weighted by molar-refractivity contribution is 0.153. The summed E-state index contributed by atoms with van der Waals surface area (Å²) in [5.41, 5.74) is 2.55. The molecule has 2 heterocycles. The van der Waals surface area contributed by atoms with Gasteiger partial charge in [0.25, 0.3) is 0 Å². The molecule has 0 amide bonds. The van der Waals surface area contributed by atoms with Crippen LogP contribution in [0.3, 0.4) is 0 Å². The average Bonchev–Trinajstić information content (AvgIpc) is 2.80. The third kappa shape index (κ3) is 2.26. The Balaban J connectivity index is 1.97. The lowest BCUT2D eigenvalue weighted by atomic mass is 10.0. The van der Waals surface area contributed by atoms with Gasteiger partial charge in [-0.1, -0.05) is 6.07 Å². The smallest absolute Gasteiger partial charge is 0.0679 e. The number of rotatable bonds is 2. The van der Waals surface area contributed by atoms with Gasteiger partial charge in [-0.15, -0.1) is 13.1 Å². The van der Waals surface area contributed by atoms with E-state index in [1.165, 1.54) is 16.5 Å². The van der Waals surface area contributed by atoms with Gasteiger partial charge in [0.1, 0.15) is 0 Å². The van der Waals surface area contributed by atoms with Crippen LogP contribution < -0.4 is 0 Å². The van der Waals surface area contributed by atoms with Crippen LogP contribution in [0.5, 0.6) is 0 Å². The number of aryl methyl sites for hydroxylation is 1. The predicted octanol–water partition coefficient (Wildman–Crippen LogP) is 2.71. The molecule has 3 rings (SSSR count). The quantitative estimate of drug-likeness (QED) is 0.829. The molecule has 102 valence electrons. The minimum absolute atomic E-state index is 0.415. The van der Waals surface area contributed by atoms with Crippen LogP contribution in [0, 0.1) is 0 Å². The number of aromatic nitrogens is 2. The van der Waals surface area contributed by atoms with Crippen LogP contribution in [-0.2, 0) is 7.05 Å². The van der Waals surface area contributed by atoms with Gasteiger partial charge in [0.05, 0.1) is 11.7 Å². The number of hydrogen-bond acceptors (Lipinski definition) is 2. The van der Waals surface area contributed by atoms with E-state index in [1.54, 1.807) is 0 Å². The second-order valence-electron chi connectivity index (χ2n) is 5.56. The van der Waals surface area contributed by atoms with Crippen molar-refractivity contribution in [1.29, 1.82) is 0 Å². The highest BCUT2D eigenvalue weighted by Crippen LogP contribution is 2.29. The number of hydrogen-bond donors (Lipinski definition) is 0. The molecule has 4 nitrogen and oxygen atoms in total. The summed E-state index contributed by atoms with van der Waals surface area (Å²) in [6.45, 7) is 7.46. The van der Waals surface area contributed by atoms with Gasteiger partial charge in [0, 0.05) is 24.5 Å². The molecule has 1 unspecified atom stereocenters. The Labute approximate surface area is 114 Å². The third-order valence-electron chi connectivity index (χ3n) is 4.04. The molecular formula is C15H21N4-. The lowest BCUT2D eigenvalue weighted by Crippen LogP contribution is -2.41. The van der Waals surface area contributed by atoms with Crippen LogP contribution in [0.15, 0.2) is 24.4 Å². The second kappa shape index (κ2) is 4.94. The fourth-order valence-corrected chi connectivity index (χ4v) is 2.96. The lowest BCUT2D eigenvalue weighted by Gasteiger charge is -2.45. The van der Waals surface area contributed by atoms with Crippen LogP contribution in [0.25, 0.3) is 16.2 Å². The van der Waals surface area contributed by atoms with Gasteiger partial charge in [0.15, 0.2) is 0 Å². The maximum Gasteiger partial charge on any atom is 0.0679 e. The first-order valence-corrected chi connectivity index (χ1v) is 6.97. The van der Waals surface area contributed by atoms with Crippen molar-refractivity contribution in [1.82, 2.24) is 14.7 Å². The van der Waals surface area contributed by atoms with E-state index >= 15 is 0 Å². The summed E-state index contributed by atoms with van der Waals surface area (Å²) >= 11 is 0. The Kier molecular flexibility index (Phi) is 3.29. The Bertz CT molecular complexity index is 573. The van der Waals surface area contributed by atoms with Crippen molar-refractivity contribution in [3.05, 3.63) is 35.3 Å². The van der Waals surface area contributed by atoms with Gasteiger partial charge in [-0.2, -0.15) is 5.10 Å². The minimum Gasteiger partial charge on any atom is -0.660 e. The Morgan fingerprint density at radius 2 is 2.21 bits per heavy atom. The topological polar surface area (TPSA) is 35.2 Å². The van der Waals surface area contributed by atoms with E-state index in [4.69, 9.17) is 0 Å². The normalized spacial score (nSPS) is 21.4. The number of nitrogens with zero attached hydrogens (tertiary/aromatic N) is 4. The molecular weight excluding hydrogens is 236 g/mol. The fraction of sp³-hybridized carbons (Fsp3) is 0.533. The van der Waals surface area contributed by atoms with Crippen LogP contribution in [0.4, 0.5) is 0 Å². The number of piperazine rings is 1. The van der Waals surface area contributed by atoms with Crippen LogP contribution >= 0.6 is 0 Å². The second-order valence-corrected chi connectivity index (χ2v) is 5.56. The maximum absolute atomic E-state index is 4.59. The van der Waals surface area contributed by atoms with Gasteiger partial charge >= 0.3 is 0 Å². The zero-order valence-electron chi connectivity index (χ0n) is 11.9. The Hall–Kier alpha value is -1.39. The largest absolute Gasteiger partial charge is 0.660 e. The molecule has 4 heteroatoms. The van der Waals surface area contributed by atoms with Crippen molar-refractivity contribution in [3.8, 4) is 0 Å². The molecule has 1 aliphatic heterocycles. The van der Waals surface area contributed by atoms with E-state index in [0.29, 0.717) is 12.1 Å². The highest BCUT2D eigenvalue weighted by atomic mass is 15.3. The van der Waals surface area contributed by atoms with Crippen molar-refractivity contribution in [3.63, 3.8) is 0 Å². The SMILES string of the molecule is CC(C)N1CC[N-]CC1c1ccc2c(cnn2C)c1. The Morgan fingerprint density at radius 3 is 3.00 bits per heavy atom. The monoisotopic (exact) mass is 257 g/mol. The highest BCUT2D eigenvalue weighted by molar-refractivity contribution is 5.79. The number of benzene rings is 1. The van der Waals surface area contributed by atoms with Crippen molar-refractivity contribution in [2.75, 3.05) is 19.6 Å². The molecule has 0 aliphatic carbocycles. The molecule has 19 heavy (non-hydrogen) atoms. The highest BCUT2D eigenvalue weighted by Gasteiger charge is 2.21. The summed E-state index contributed by atoms with van der Waals surface area (Å²) in [6.07, 6.45) is 1.94. The standard InChI is InChI=1S/C15H21N4/c1-11(2)19-7-6-16-10-15(19)12-4-5-14-13(8-12)9-17-18(14)3/h4-5,8-9,11,15H,6-7,10H2,1-3H3/q-1. The zero-order chi connectivity index (χ0) is 13.4. The summed E-state index contributed by atoms with van der Waals surface area (Å²) in [5.74, 6) is 0. The molecule has 1 saturated heterocycles. The fourth-order valence-electron chi connectivity index (χ4n) is 2.96. The molecule has 0 N–H and O–H groups in total. The van der Waals surface area contributed by atoms with Crippen molar-refractivity contribution in [2.45, 2.75) is 25.9 Å². The minimum atomic E-state index is 0.415. The first kappa shape index (κ1) is 12.6. The van der Waals surface area contributed by atoms with Gasteiger partial charge in [-0.25, -0.2) is 0 Å². The molecule has 1 fully saturated rings. The van der Waals surface area contributed by atoms with E-state index in [1.807, 2.05) is 17.9 Å². The van der Waals surface area contributed by atoms with E-state index in [0.717, 1.165) is 19.6 Å². The van der Waals surface area contributed by atoms with Gasteiger partial charge in [0.2, 0.25) is 0 Å². The summed E-state index contributed by atoms with van der Waals surface area (Å²) in [5, 5.41) is 10.1. The summed E-state index contributed by atoms with van der Waals surface area (Å²) in [4.78, 5) is 2.55. The molecule has 0 spiro atoms. The molecule has 1 aromatic heterocycles. The summed E-state index contributed by atoms with van der Waals surface area (Å²) in [7, 11) is 1.98. The molecule has 1 aromatic carbocycles. The van der Waals surface area contributed by atoms with Gasteiger partial charge < -0.3 is 5.32 Å². The molecule has 1 atom stereocenters. The molecule has 0 saturated carbocycles. The van der Waals surface area contributed by atoms with Gasteiger partial charge in [-0.3, -0.25) is 9.58 Å². The third-order valence-corrected chi connectivity index (χ3v) is 4.04. The first-order chi connectivity index (χ1) is 9.16. The van der Waals surface area contributed by atoms with Gasteiger partial charge in [-0.05, 0) is 38.1 Å². The van der Waals surface area contributed by atoms with Crippen molar-refractivity contribution in [2.24, 2.45) is 7.05 Å². The Morgan fingerprint density at radius 1 is 1.37 bits per heavy atom. The van der Waals surface area contributed by atoms with E-state index in [2.05, 4.69) is 47.4 Å². The summed E-state index contributed by atoms with van der Waals surface area (Å²) < 4.78 is 1.92. The van der Waals surface area contributed by atoms with E-state index in [9.17, 15) is 0 Å². The molecule has 1 aliphatic rings. The summed E-state index contributed by atoms with van der Waals surface area (Å²) in [6, 6.07) is 7.64. The molecule has 0 radical (unpaired) electrons.